The lowest BCUT2D eigenvalue weighted by molar-refractivity contribution is -0.385. The fraction of sp³-hybridized carbons (Fsp3) is 0.353. The number of nitro benzene ring substituents is 1. The lowest BCUT2D eigenvalue weighted by atomic mass is 9.94. The molecule has 26 heavy (non-hydrogen) atoms. The van der Waals surface area contributed by atoms with Gasteiger partial charge in [0.25, 0.3) is 5.69 Å². The predicted molar refractivity (Wildman–Crippen MR) is 88.1 cm³/mol. The molecule has 0 bridgehead atoms. The Bertz CT molecular complexity index is 896. The van der Waals surface area contributed by atoms with Gasteiger partial charge in [0.15, 0.2) is 6.04 Å². The van der Waals surface area contributed by atoms with Gasteiger partial charge < -0.3 is 0 Å². The lowest BCUT2D eigenvalue weighted by Gasteiger charge is -2.37. The molecule has 1 atom stereocenters. The quantitative estimate of drug-likeness (QED) is 0.660. The molecule has 1 unspecified atom stereocenters. The Morgan fingerprint density at radius 3 is 2.42 bits per heavy atom. The van der Waals surface area contributed by atoms with Gasteiger partial charge in [0.1, 0.15) is 0 Å². The minimum Gasteiger partial charge on any atom is -0.287 e. The van der Waals surface area contributed by atoms with Gasteiger partial charge in [-0.15, -0.1) is 0 Å². The zero-order valence-corrected chi connectivity index (χ0v) is 14.0. The van der Waals surface area contributed by atoms with E-state index in [-0.39, 0.29) is 11.8 Å². The minimum absolute atomic E-state index is 0.118. The number of alkyl halides is 3. The maximum absolute atomic E-state index is 14.0. The van der Waals surface area contributed by atoms with Crippen LogP contribution in [0.15, 0.2) is 36.4 Å². The highest BCUT2D eigenvalue weighted by atomic mass is 19.4. The summed E-state index contributed by atoms with van der Waals surface area (Å²) in [5, 5.41) is 13.0. The first-order chi connectivity index (χ1) is 12.0. The van der Waals surface area contributed by atoms with Crippen LogP contribution >= 0.6 is 0 Å². The first-order valence-corrected chi connectivity index (χ1v) is 7.84. The molecule has 1 N–H and O–H groups in total. The van der Waals surface area contributed by atoms with Gasteiger partial charge in [0.05, 0.1) is 15.9 Å². The van der Waals surface area contributed by atoms with Crippen molar-refractivity contribution in [1.29, 1.82) is 0 Å². The van der Waals surface area contributed by atoms with Crippen LogP contribution < -0.4 is 5.43 Å². The van der Waals surface area contributed by atoms with Gasteiger partial charge in [-0.05, 0) is 31.4 Å². The molecular weight excluding hydrogens is 351 g/mol. The molecule has 1 aliphatic rings. The van der Waals surface area contributed by atoms with E-state index in [9.17, 15) is 28.1 Å². The third kappa shape index (κ3) is 2.98. The molecule has 0 aromatic heterocycles. The molecule has 0 radical (unpaired) electrons. The third-order valence-corrected chi connectivity index (χ3v) is 4.47. The minimum atomic E-state index is -4.83. The number of amides is 1. The van der Waals surface area contributed by atoms with Gasteiger partial charge in [-0.1, -0.05) is 24.3 Å². The fourth-order valence-corrected chi connectivity index (χ4v) is 3.38. The van der Waals surface area contributed by atoms with E-state index in [2.05, 4.69) is 5.43 Å². The van der Waals surface area contributed by atoms with Crippen LogP contribution in [0.4, 0.5) is 18.9 Å². The van der Waals surface area contributed by atoms with Crippen LogP contribution in [0.2, 0.25) is 0 Å². The van der Waals surface area contributed by atoms with Crippen LogP contribution in [0.25, 0.3) is 10.8 Å². The van der Waals surface area contributed by atoms with Crippen molar-refractivity contribution in [2.45, 2.75) is 38.0 Å². The van der Waals surface area contributed by atoms with Gasteiger partial charge in [-0.25, -0.2) is 0 Å². The van der Waals surface area contributed by atoms with Crippen molar-refractivity contribution in [2.24, 2.45) is 0 Å². The van der Waals surface area contributed by atoms with Crippen LogP contribution in [-0.4, -0.2) is 27.6 Å². The Kier molecular flexibility index (Phi) is 4.14. The Balaban J connectivity index is 2.28. The topological polar surface area (TPSA) is 75.5 Å². The molecule has 0 aliphatic carbocycles. The highest BCUT2D eigenvalue weighted by Crippen LogP contribution is 2.46. The molecule has 6 nitrogen and oxygen atoms in total. The molecule has 2 aromatic rings. The Labute approximate surface area is 146 Å². The fourth-order valence-electron chi connectivity index (χ4n) is 3.38. The van der Waals surface area contributed by atoms with E-state index in [1.165, 1.54) is 32.0 Å². The molecule has 1 heterocycles. The number of nitro groups is 1. The van der Waals surface area contributed by atoms with Gasteiger partial charge in [0, 0.05) is 12.0 Å². The van der Waals surface area contributed by atoms with Crippen molar-refractivity contribution in [3.05, 3.63) is 52.1 Å². The van der Waals surface area contributed by atoms with Crippen LogP contribution in [0, 0.1) is 10.1 Å². The van der Waals surface area contributed by atoms with Gasteiger partial charge >= 0.3 is 6.18 Å². The number of hydrogen-bond donors (Lipinski definition) is 1. The first-order valence-electron chi connectivity index (χ1n) is 7.84. The van der Waals surface area contributed by atoms with E-state index in [0.717, 1.165) is 11.1 Å². The first kappa shape index (κ1) is 18.1. The second kappa shape index (κ2) is 5.94. The summed E-state index contributed by atoms with van der Waals surface area (Å²) in [6.45, 7) is 2.97. The zero-order valence-electron chi connectivity index (χ0n) is 14.0. The van der Waals surface area contributed by atoms with Crippen LogP contribution in [-0.2, 0) is 4.79 Å². The molecule has 1 saturated heterocycles. The number of nitrogens with one attached hydrogen (secondary N) is 1. The van der Waals surface area contributed by atoms with Crippen LogP contribution in [0.5, 0.6) is 0 Å². The highest BCUT2D eigenvalue weighted by Gasteiger charge is 2.55. The van der Waals surface area contributed by atoms with Gasteiger partial charge in [-0.2, -0.15) is 18.2 Å². The number of rotatable bonds is 3. The van der Waals surface area contributed by atoms with Crippen LogP contribution in [0.1, 0.15) is 31.9 Å². The summed E-state index contributed by atoms with van der Waals surface area (Å²) in [5.74, 6) is -0.562. The second-order valence-corrected chi connectivity index (χ2v) is 6.82. The summed E-state index contributed by atoms with van der Waals surface area (Å²) in [6.07, 6.45) is -4.97. The number of halogens is 3. The molecule has 138 valence electrons. The van der Waals surface area contributed by atoms with Gasteiger partial charge in [-0.3, -0.25) is 20.3 Å². The largest absolute Gasteiger partial charge is 0.410 e. The number of hydrogen-bond acceptors (Lipinski definition) is 4. The zero-order chi connectivity index (χ0) is 19.3. The average molecular weight is 367 g/mol. The predicted octanol–water partition coefficient (Wildman–Crippen LogP) is 3.87. The standard InChI is InChI=1S/C17H16F3N3O3/c1-16(2)9-13(24)21-22(16)15(17(18,19)20)12-8-7-10-5-3-4-6-11(10)14(12)23(25)26/h3-8,15H,9H2,1-2H3,(H,21,24). The summed E-state index contributed by atoms with van der Waals surface area (Å²) in [7, 11) is 0. The Morgan fingerprint density at radius 2 is 1.88 bits per heavy atom. The number of fused-ring (bicyclic) bond motifs is 1. The normalized spacial score (nSPS) is 18.7. The smallest absolute Gasteiger partial charge is 0.287 e. The molecule has 9 heteroatoms. The summed E-state index contributed by atoms with van der Waals surface area (Å²) in [6, 6.07) is 6.38. The number of carbonyl (C=O) groups is 1. The highest BCUT2D eigenvalue weighted by molar-refractivity contribution is 5.92. The molecule has 1 fully saturated rings. The summed E-state index contributed by atoms with van der Waals surface area (Å²) in [5.41, 5.74) is -0.0529. The molecule has 1 aliphatic heterocycles. The van der Waals surface area contributed by atoms with Crippen molar-refractivity contribution in [3.8, 4) is 0 Å². The van der Waals surface area contributed by atoms with E-state index in [0.29, 0.717) is 5.39 Å². The van der Waals surface area contributed by atoms with Crippen molar-refractivity contribution in [3.63, 3.8) is 0 Å². The molecule has 1 amide bonds. The Hall–Kier alpha value is -2.68. The van der Waals surface area contributed by atoms with E-state index in [1.54, 1.807) is 12.1 Å². The average Bonchev–Trinajstić information content (AvgIpc) is 2.77. The third-order valence-electron chi connectivity index (χ3n) is 4.47. The van der Waals surface area contributed by atoms with Crippen molar-refractivity contribution in [1.82, 2.24) is 10.4 Å². The SMILES string of the molecule is CC1(C)CC(=O)NN1C(c1ccc2ccccc2c1[N+](=O)[O-])C(F)(F)F. The number of nitrogens with zero attached hydrogens (tertiary/aromatic N) is 2. The van der Waals surface area contributed by atoms with Crippen LogP contribution in [0.3, 0.4) is 0 Å². The lowest BCUT2D eigenvalue weighted by Crippen LogP contribution is -2.51. The number of benzene rings is 2. The van der Waals surface area contributed by atoms with E-state index in [4.69, 9.17) is 0 Å². The molecule has 0 spiro atoms. The monoisotopic (exact) mass is 367 g/mol. The number of carbonyl (C=O) groups excluding carboxylic acids is 1. The van der Waals surface area contributed by atoms with Crippen molar-refractivity contribution < 1.29 is 22.9 Å². The van der Waals surface area contributed by atoms with Crippen molar-refractivity contribution >= 4 is 22.4 Å². The van der Waals surface area contributed by atoms with Crippen molar-refractivity contribution in [2.75, 3.05) is 0 Å². The van der Waals surface area contributed by atoms with E-state index >= 15 is 0 Å². The molecular formula is C17H16F3N3O3. The number of hydrazine groups is 1. The van der Waals surface area contributed by atoms with E-state index in [1.807, 2.05) is 0 Å². The summed E-state index contributed by atoms with van der Waals surface area (Å²) in [4.78, 5) is 22.5. The van der Waals surface area contributed by atoms with Gasteiger partial charge in [0.2, 0.25) is 5.91 Å². The Morgan fingerprint density at radius 1 is 1.23 bits per heavy atom. The molecule has 2 aromatic carbocycles. The van der Waals surface area contributed by atoms with E-state index < -0.39 is 39.8 Å². The molecule has 0 saturated carbocycles. The maximum atomic E-state index is 14.0. The summed E-state index contributed by atoms with van der Waals surface area (Å²) < 4.78 is 41.9. The molecule has 3 rings (SSSR count). The summed E-state index contributed by atoms with van der Waals surface area (Å²) >= 11 is 0. The maximum Gasteiger partial charge on any atom is 0.410 e. The second-order valence-electron chi connectivity index (χ2n) is 6.82.